The van der Waals surface area contributed by atoms with E-state index in [-0.39, 0.29) is 30.5 Å². The Bertz CT molecular complexity index is 755. The Morgan fingerprint density at radius 3 is 2.88 bits per heavy atom. The van der Waals surface area contributed by atoms with Crippen LogP contribution in [0.5, 0.6) is 0 Å². The number of fused-ring (bicyclic) bond motifs is 1. The van der Waals surface area contributed by atoms with Crippen LogP contribution < -0.4 is 5.32 Å². The second-order valence-corrected chi connectivity index (χ2v) is 5.75. The quantitative estimate of drug-likeness (QED) is 0.866. The first-order chi connectivity index (χ1) is 11.4. The van der Waals surface area contributed by atoms with Crippen molar-refractivity contribution < 1.29 is 18.3 Å². The Morgan fingerprint density at radius 2 is 2.29 bits per heavy atom. The van der Waals surface area contributed by atoms with E-state index >= 15 is 0 Å². The maximum atomic E-state index is 13.5. The molecule has 0 aromatic carbocycles. The number of halogens is 2. The van der Waals surface area contributed by atoms with Gasteiger partial charge in [0.05, 0.1) is 24.5 Å². The van der Waals surface area contributed by atoms with Gasteiger partial charge in [0.1, 0.15) is 17.4 Å². The fraction of sp³-hybridized carbons (Fsp3) is 0.533. The molecule has 2 aromatic heterocycles. The van der Waals surface area contributed by atoms with Gasteiger partial charge in [0.2, 0.25) is 0 Å². The predicted octanol–water partition coefficient (Wildman–Crippen LogP) is 2.46. The lowest BCUT2D eigenvalue weighted by Gasteiger charge is -2.32. The van der Waals surface area contributed by atoms with E-state index in [0.717, 1.165) is 11.3 Å². The van der Waals surface area contributed by atoms with Crippen LogP contribution in [0.3, 0.4) is 0 Å². The summed E-state index contributed by atoms with van der Waals surface area (Å²) in [6.07, 6.45) is 0.626. The van der Waals surface area contributed by atoms with Crippen molar-refractivity contribution in [2.24, 2.45) is 7.05 Å². The molecular formula is C15H19F2N5O2. The predicted molar refractivity (Wildman–Crippen MR) is 82.2 cm³/mol. The number of carbonyl (C=O) groups excluding carboxylic acids is 1. The molecule has 0 bridgehead atoms. The summed E-state index contributed by atoms with van der Waals surface area (Å²) in [5, 5.41) is 11.4. The number of nitrogens with one attached hydrogen (secondary N) is 1. The normalized spacial score (nSPS) is 19.9. The van der Waals surface area contributed by atoms with Crippen LogP contribution in [0.2, 0.25) is 0 Å². The SMILES string of the molecule is CCOC(=O)c1cnn2c1NC(c1cn(C)nc1C)CC2C(F)F. The maximum Gasteiger partial charge on any atom is 0.343 e. The molecule has 1 aliphatic rings. The number of ether oxygens (including phenoxy) is 1. The Labute approximate surface area is 137 Å². The van der Waals surface area contributed by atoms with Gasteiger partial charge in [-0.2, -0.15) is 10.2 Å². The van der Waals surface area contributed by atoms with Gasteiger partial charge in [-0.05, 0) is 20.3 Å². The molecule has 0 saturated heterocycles. The maximum absolute atomic E-state index is 13.5. The van der Waals surface area contributed by atoms with Gasteiger partial charge in [-0.15, -0.1) is 0 Å². The van der Waals surface area contributed by atoms with Gasteiger partial charge in [0, 0.05) is 18.8 Å². The number of nitrogens with zero attached hydrogens (tertiary/aromatic N) is 4. The van der Waals surface area contributed by atoms with Crippen LogP contribution in [-0.4, -0.2) is 38.6 Å². The average molecular weight is 339 g/mol. The summed E-state index contributed by atoms with van der Waals surface area (Å²) in [4.78, 5) is 12.0. The minimum atomic E-state index is -2.60. The number of aryl methyl sites for hydroxylation is 2. The third kappa shape index (κ3) is 2.74. The highest BCUT2D eigenvalue weighted by atomic mass is 19.3. The smallest absolute Gasteiger partial charge is 0.343 e. The molecule has 0 radical (unpaired) electrons. The van der Waals surface area contributed by atoms with Gasteiger partial charge in [-0.3, -0.25) is 4.68 Å². The van der Waals surface area contributed by atoms with Crippen LogP contribution in [-0.2, 0) is 11.8 Å². The zero-order chi connectivity index (χ0) is 17.4. The van der Waals surface area contributed by atoms with E-state index in [4.69, 9.17) is 4.74 Å². The van der Waals surface area contributed by atoms with E-state index in [1.165, 1.54) is 10.9 Å². The van der Waals surface area contributed by atoms with Crippen LogP contribution in [0.15, 0.2) is 12.4 Å². The van der Waals surface area contributed by atoms with Crippen LogP contribution in [0.1, 0.15) is 47.0 Å². The van der Waals surface area contributed by atoms with E-state index in [1.54, 1.807) is 24.9 Å². The molecule has 24 heavy (non-hydrogen) atoms. The molecule has 1 N–H and O–H groups in total. The molecule has 2 aromatic rings. The van der Waals surface area contributed by atoms with Gasteiger partial charge < -0.3 is 10.1 Å². The lowest BCUT2D eigenvalue weighted by Crippen LogP contribution is -2.31. The Hall–Kier alpha value is -2.45. The third-order valence-corrected chi connectivity index (χ3v) is 4.11. The highest BCUT2D eigenvalue weighted by molar-refractivity contribution is 5.94. The summed E-state index contributed by atoms with van der Waals surface area (Å²) >= 11 is 0. The van der Waals surface area contributed by atoms with E-state index in [9.17, 15) is 13.6 Å². The first-order valence-corrected chi connectivity index (χ1v) is 7.71. The van der Waals surface area contributed by atoms with E-state index in [0.29, 0.717) is 0 Å². The average Bonchev–Trinajstić information content (AvgIpc) is 3.09. The molecule has 0 saturated carbocycles. The Kier molecular flexibility index (Phi) is 4.25. The zero-order valence-corrected chi connectivity index (χ0v) is 13.7. The van der Waals surface area contributed by atoms with Crippen molar-refractivity contribution in [3.05, 3.63) is 29.2 Å². The van der Waals surface area contributed by atoms with Crippen LogP contribution in [0, 0.1) is 6.92 Å². The van der Waals surface area contributed by atoms with Crippen molar-refractivity contribution in [2.45, 2.75) is 38.8 Å². The standard InChI is InChI=1S/C15H19F2N5O2/c1-4-24-15(23)9-6-18-22-12(13(16)17)5-11(19-14(9)22)10-7-21(3)20-8(10)2/h6-7,11-13,19H,4-5H2,1-3H3. The molecule has 1 aliphatic heterocycles. The topological polar surface area (TPSA) is 74.0 Å². The number of rotatable bonds is 4. The van der Waals surface area contributed by atoms with E-state index in [1.807, 2.05) is 6.92 Å². The minimum Gasteiger partial charge on any atom is -0.462 e. The molecule has 2 unspecified atom stereocenters. The van der Waals surface area contributed by atoms with Gasteiger partial charge in [0.15, 0.2) is 0 Å². The van der Waals surface area contributed by atoms with E-state index in [2.05, 4.69) is 15.5 Å². The number of esters is 1. The van der Waals surface area contributed by atoms with Crippen molar-refractivity contribution in [1.82, 2.24) is 19.6 Å². The Balaban J connectivity index is 2.01. The minimum absolute atomic E-state index is 0.154. The lowest BCUT2D eigenvalue weighted by molar-refractivity contribution is 0.0521. The molecule has 2 atom stereocenters. The van der Waals surface area contributed by atoms with Crippen LogP contribution in [0.25, 0.3) is 0 Å². The van der Waals surface area contributed by atoms with Crippen molar-refractivity contribution >= 4 is 11.8 Å². The number of carbonyl (C=O) groups is 1. The third-order valence-electron chi connectivity index (χ3n) is 4.11. The number of hydrogen-bond donors (Lipinski definition) is 1. The van der Waals surface area contributed by atoms with Gasteiger partial charge in [-0.25, -0.2) is 18.3 Å². The first kappa shape index (κ1) is 16.4. The summed E-state index contributed by atoms with van der Waals surface area (Å²) in [6, 6.07) is -1.50. The highest BCUT2D eigenvalue weighted by Crippen LogP contribution is 2.40. The molecule has 0 aliphatic carbocycles. The van der Waals surface area contributed by atoms with Crippen LogP contribution >= 0.6 is 0 Å². The van der Waals surface area contributed by atoms with Crippen molar-refractivity contribution in [2.75, 3.05) is 11.9 Å². The summed E-state index contributed by atoms with van der Waals surface area (Å²) in [5.41, 5.74) is 1.74. The number of anilines is 1. The monoisotopic (exact) mass is 339 g/mol. The molecule has 0 fully saturated rings. The molecule has 3 heterocycles. The fourth-order valence-electron chi connectivity index (χ4n) is 3.06. The van der Waals surface area contributed by atoms with Gasteiger partial charge in [-0.1, -0.05) is 0 Å². The lowest BCUT2D eigenvalue weighted by atomic mass is 9.97. The second-order valence-electron chi connectivity index (χ2n) is 5.75. The highest BCUT2D eigenvalue weighted by Gasteiger charge is 2.37. The summed E-state index contributed by atoms with van der Waals surface area (Å²) in [6.45, 7) is 3.71. The summed E-state index contributed by atoms with van der Waals surface area (Å²) in [7, 11) is 1.78. The molecule has 0 amide bonds. The molecule has 9 heteroatoms. The molecule has 130 valence electrons. The fourth-order valence-corrected chi connectivity index (χ4v) is 3.06. The molecule has 3 rings (SSSR count). The zero-order valence-electron chi connectivity index (χ0n) is 13.7. The van der Waals surface area contributed by atoms with Gasteiger partial charge >= 0.3 is 5.97 Å². The number of aromatic nitrogens is 4. The van der Waals surface area contributed by atoms with Gasteiger partial charge in [0.25, 0.3) is 6.43 Å². The van der Waals surface area contributed by atoms with Crippen molar-refractivity contribution in [3.8, 4) is 0 Å². The summed E-state index contributed by atoms with van der Waals surface area (Å²) < 4.78 is 34.9. The Morgan fingerprint density at radius 1 is 1.54 bits per heavy atom. The first-order valence-electron chi connectivity index (χ1n) is 7.71. The molecule has 0 spiro atoms. The van der Waals surface area contributed by atoms with E-state index < -0.39 is 18.4 Å². The van der Waals surface area contributed by atoms with Crippen molar-refractivity contribution in [3.63, 3.8) is 0 Å². The largest absolute Gasteiger partial charge is 0.462 e. The molecular weight excluding hydrogens is 320 g/mol. The summed E-state index contributed by atoms with van der Waals surface area (Å²) in [5.74, 6) is -0.318. The number of alkyl halides is 2. The number of hydrogen-bond acceptors (Lipinski definition) is 5. The van der Waals surface area contributed by atoms with Crippen LogP contribution in [0.4, 0.5) is 14.6 Å². The molecule has 7 nitrogen and oxygen atoms in total. The second kappa shape index (κ2) is 6.21. The van der Waals surface area contributed by atoms with Crippen molar-refractivity contribution in [1.29, 1.82) is 0 Å².